The summed E-state index contributed by atoms with van der Waals surface area (Å²) in [4.78, 5) is 51.4. The first-order chi connectivity index (χ1) is 14.2. The molecule has 2 N–H and O–H groups in total. The fourth-order valence-electron chi connectivity index (χ4n) is 3.86. The van der Waals surface area contributed by atoms with E-state index in [1.165, 1.54) is 13.8 Å². The number of hydrogen-bond acceptors (Lipinski definition) is 4. The molecular formula is C23H25N3O4. The third kappa shape index (κ3) is 3.83. The van der Waals surface area contributed by atoms with Crippen LogP contribution in [0.2, 0.25) is 0 Å². The van der Waals surface area contributed by atoms with Crippen LogP contribution >= 0.6 is 0 Å². The van der Waals surface area contributed by atoms with Crippen molar-refractivity contribution in [3.8, 4) is 0 Å². The number of anilines is 2. The summed E-state index contributed by atoms with van der Waals surface area (Å²) < 4.78 is 0. The number of rotatable bonds is 6. The van der Waals surface area contributed by atoms with E-state index in [4.69, 9.17) is 0 Å². The summed E-state index contributed by atoms with van der Waals surface area (Å²) in [7, 11) is 0. The van der Waals surface area contributed by atoms with Gasteiger partial charge in [0, 0.05) is 29.8 Å². The lowest BCUT2D eigenvalue weighted by Crippen LogP contribution is -2.55. The first-order valence-corrected chi connectivity index (χ1v) is 9.78. The number of benzene rings is 2. The van der Waals surface area contributed by atoms with Crippen LogP contribution in [0.1, 0.15) is 50.0 Å². The number of hydrogen-bond donors (Lipinski definition) is 2. The number of nitrogens with zero attached hydrogens (tertiary/aromatic N) is 1. The number of para-hydroxylation sites is 1. The van der Waals surface area contributed by atoms with Gasteiger partial charge in [0.05, 0.1) is 12.1 Å². The van der Waals surface area contributed by atoms with E-state index in [9.17, 15) is 19.2 Å². The van der Waals surface area contributed by atoms with E-state index >= 15 is 0 Å². The van der Waals surface area contributed by atoms with Gasteiger partial charge in [-0.2, -0.15) is 0 Å². The van der Waals surface area contributed by atoms with Gasteiger partial charge < -0.3 is 15.5 Å². The van der Waals surface area contributed by atoms with Crippen LogP contribution in [0.25, 0.3) is 0 Å². The van der Waals surface area contributed by atoms with Crippen molar-refractivity contribution in [2.75, 3.05) is 10.2 Å². The molecule has 0 saturated heterocycles. The summed E-state index contributed by atoms with van der Waals surface area (Å²) in [5, 5.41) is 5.51. The van der Waals surface area contributed by atoms with Gasteiger partial charge in [-0.05, 0) is 51.1 Å². The van der Waals surface area contributed by atoms with Gasteiger partial charge in [-0.3, -0.25) is 19.2 Å². The maximum atomic E-state index is 13.5. The molecule has 0 bridgehead atoms. The molecular weight excluding hydrogens is 382 g/mol. The monoisotopic (exact) mass is 407 g/mol. The molecule has 7 nitrogen and oxygen atoms in total. The minimum atomic E-state index is -1.48. The zero-order valence-corrected chi connectivity index (χ0v) is 17.5. The molecule has 2 aromatic rings. The number of fused-ring (bicyclic) bond motifs is 1. The molecule has 3 rings (SSSR count). The largest absolute Gasteiger partial charge is 0.338 e. The zero-order chi connectivity index (χ0) is 22.1. The zero-order valence-electron chi connectivity index (χ0n) is 17.5. The summed E-state index contributed by atoms with van der Waals surface area (Å²) >= 11 is 0. The number of carbonyl (C=O) groups is 4. The van der Waals surface area contributed by atoms with Crippen molar-refractivity contribution in [3.05, 3.63) is 59.7 Å². The Bertz CT molecular complexity index is 1010. The van der Waals surface area contributed by atoms with E-state index in [0.29, 0.717) is 22.5 Å². The molecule has 30 heavy (non-hydrogen) atoms. The van der Waals surface area contributed by atoms with Gasteiger partial charge in [0.25, 0.3) is 5.91 Å². The lowest BCUT2D eigenvalue weighted by atomic mass is 9.87. The van der Waals surface area contributed by atoms with E-state index in [2.05, 4.69) is 10.6 Å². The van der Waals surface area contributed by atoms with Crippen LogP contribution in [0.3, 0.4) is 0 Å². The number of amides is 3. The smallest absolute Gasteiger partial charge is 0.258 e. The fraction of sp³-hybridized carbons (Fsp3) is 0.304. The molecule has 0 unspecified atom stereocenters. The van der Waals surface area contributed by atoms with Gasteiger partial charge in [0.1, 0.15) is 0 Å². The van der Waals surface area contributed by atoms with Gasteiger partial charge in [-0.15, -0.1) is 0 Å². The van der Waals surface area contributed by atoms with Crippen molar-refractivity contribution in [3.63, 3.8) is 0 Å². The molecule has 1 atom stereocenters. The Balaban J connectivity index is 1.94. The van der Waals surface area contributed by atoms with Crippen LogP contribution in [0.5, 0.6) is 0 Å². The Kier molecular flexibility index (Phi) is 5.73. The summed E-state index contributed by atoms with van der Waals surface area (Å²) in [6.07, 6.45) is -0.250. The summed E-state index contributed by atoms with van der Waals surface area (Å²) in [6.45, 7) is 6.56. The normalized spacial score (nSPS) is 17.6. The van der Waals surface area contributed by atoms with Gasteiger partial charge in [0.15, 0.2) is 11.3 Å². The van der Waals surface area contributed by atoms with Gasteiger partial charge in [0.2, 0.25) is 11.8 Å². The lowest BCUT2D eigenvalue weighted by Gasteiger charge is -2.30. The van der Waals surface area contributed by atoms with E-state index < -0.39 is 17.4 Å². The molecule has 0 aromatic heterocycles. The second kappa shape index (κ2) is 8.10. The third-order valence-corrected chi connectivity index (χ3v) is 5.11. The predicted molar refractivity (Wildman–Crippen MR) is 114 cm³/mol. The minimum Gasteiger partial charge on any atom is -0.338 e. The average Bonchev–Trinajstić information content (AvgIpc) is 2.90. The molecule has 0 radical (unpaired) electrons. The molecule has 1 heterocycles. The SMILES string of the molecule is CC(=O)N[C@@]1(CC(=O)Nc2ccc(C(C)=O)cc2)C(=O)N(C(C)C)c2ccccc21. The molecule has 0 saturated carbocycles. The Labute approximate surface area is 175 Å². The van der Waals surface area contributed by atoms with Gasteiger partial charge in [-0.25, -0.2) is 0 Å². The predicted octanol–water partition coefficient (Wildman–Crippen LogP) is 3.00. The van der Waals surface area contributed by atoms with Crippen LogP contribution in [-0.4, -0.2) is 29.5 Å². The first-order valence-electron chi connectivity index (χ1n) is 9.78. The van der Waals surface area contributed by atoms with Crippen LogP contribution < -0.4 is 15.5 Å². The van der Waals surface area contributed by atoms with E-state index in [1.54, 1.807) is 41.3 Å². The molecule has 0 aliphatic carbocycles. The lowest BCUT2D eigenvalue weighted by molar-refractivity contribution is -0.133. The van der Waals surface area contributed by atoms with Crippen molar-refractivity contribution < 1.29 is 19.2 Å². The van der Waals surface area contributed by atoms with Crippen LogP contribution in [0.15, 0.2) is 48.5 Å². The van der Waals surface area contributed by atoms with E-state index in [-0.39, 0.29) is 24.2 Å². The van der Waals surface area contributed by atoms with Crippen molar-refractivity contribution in [2.24, 2.45) is 0 Å². The minimum absolute atomic E-state index is 0.0700. The van der Waals surface area contributed by atoms with Crippen molar-refractivity contribution in [2.45, 2.75) is 45.7 Å². The van der Waals surface area contributed by atoms with Crippen molar-refractivity contribution in [1.82, 2.24) is 5.32 Å². The molecule has 1 aliphatic heterocycles. The number of Topliss-reactive ketones (excluding diaryl/α,β-unsaturated/α-hetero) is 1. The van der Waals surface area contributed by atoms with Crippen molar-refractivity contribution >= 4 is 34.9 Å². The first kappa shape index (κ1) is 21.2. The topological polar surface area (TPSA) is 95.6 Å². The molecule has 3 amide bonds. The maximum Gasteiger partial charge on any atom is 0.258 e. The maximum absolute atomic E-state index is 13.5. The fourth-order valence-corrected chi connectivity index (χ4v) is 3.86. The molecule has 0 fully saturated rings. The highest BCUT2D eigenvalue weighted by Gasteiger charge is 2.53. The summed E-state index contributed by atoms with van der Waals surface area (Å²) in [5.74, 6) is -1.23. The molecule has 7 heteroatoms. The number of nitrogens with one attached hydrogen (secondary N) is 2. The Morgan fingerprint density at radius 1 is 1.00 bits per heavy atom. The van der Waals surface area contributed by atoms with Crippen LogP contribution in [-0.2, 0) is 19.9 Å². The molecule has 2 aromatic carbocycles. The van der Waals surface area contributed by atoms with Crippen LogP contribution in [0, 0.1) is 0 Å². The molecule has 156 valence electrons. The number of carbonyl (C=O) groups excluding carboxylic acids is 4. The highest BCUT2D eigenvalue weighted by Crippen LogP contribution is 2.43. The molecule has 1 aliphatic rings. The second-order valence-electron chi connectivity index (χ2n) is 7.73. The Hall–Kier alpha value is -3.48. The highest BCUT2D eigenvalue weighted by molar-refractivity contribution is 6.12. The van der Waals surface area contributed by atoms with E-state index in [0.717, 1.165) is 0 Å². The second-order valence-corrected chi connectivity index (χ2v) is 7.73. The van der Waals surface area contributed by atoms with Gasteiger partial charge in [-0.1, -0.05) is 18.2 Å². The van der Waals surface area contributed by atoms with Gasteiger partial charge >= 0.3 is 0 Å². The Morgan fingerprint density at radius 2 is 1.63 bits per heavy atom. The highest BCUT2D eigenvalue weighted by atomic mass is 16.2. The average molecular weight is 407 g/mol. The quantitative estimate of drug-likeness (QED) is 0.720. The standard InChI is InChI=1S/C23H25N3O4/c1-14(2)26-20-8-6-5-7-19(20)23(22(26)30,25-16(4)28)13-21(29)24-18-11-9-17(10-12-18)15(3)27/h5-12,14H,13H2,1-4H3,(H,24,29)(H,25,28)/t23-/m1/s1. The third-order valence-electron chi connectivity index (χ3n) is 5.11. The summed E-state index contributed by atoms with van der Waals surface area (Å²) in [5.41, 5.74) is 0.847. The number of ketones is 1. The van der Waals surface area contributed by atoms with Crippen molar-refractivity contribution in [1.29, 1.82) is 0 Å². The molecule has 0 spiro atoms. The van der Waals surface area contributed by atoms with E-state index in [1.807, 2.05) is 26.0 Å². The summed E-state index contributed by atoms with van der Waals surface area (Å²) in [6, 6.07) is 13.5. The Morgan fingerprint density at radius 3 is 2.20 bits per heavy atom. The van der Waals surface area contributed by atoms with Crippen LogP contribution in [0.4, 0.5) is 11.4 Å².